The molecule has 0 radical (unpaired) electrons. The molecule has 1 atom stereocenters. The second-order valence-corrected chi connectivity index (χ2v) is 3.52. The van der Waals surface area contributed by atoms with E-state index < -0.39 is 0 Å². The van der Waals surface area contributed by atoms with Crippen molar-refractivity contribution in [3.63, 3.8) is 0 Å². The van der Waals surface area contributed by atoms with Gasteiger partial charge in [-0.25, -0.2) is 0 Å². The van der Waals surface area contributed by atoms with Gasteiger partial charge < -0.3 is 18.1 Å². The first-order valence-corrected chi connectivity index (χ1v) is 4.61. The molecule has 0 aliphatic heterocycles. The van der Waals surface area contributed by atoms with Gasteiger partial charge in [-0.2, -0.15) is 0 Å². The number of rotatable bonds is 2. The molecule has 0 heterocycles. The Bertz CT molecular complexity index is 276. The molecule has 0 fully saturated rings. The van der Waals surface area contributed by atoms with Gasteiger partial charge in [0.15, 0.2) is 0 Å². The van der Waals surface area contributed by atoms with Crippen LogP contribution in [0.5, 0.6) is 0 Å². The van der Waals surface area contributed by atoms with Crippen molar-refractivity contribution in [3.05, 3.63) is 33.8 Å². The van der Waals surface area contributed by atoms with Gasteiger partial charge in [-0.15, -0.1) is 0 Å². The first-order valence-electron chi connectivity index (χ1n) is 3.85. The number of hydrogen-bond acceptors (Lipinski definition) is 1. The van der Waals surface area contributed by atoms with Gasteiger partial charge in [-0.1, -0.05) is 30.1 Å². The Morgan fingerprint density at radius 3 is 2.54 bits per heavy atom. The lowest BCUT2D eigenvalue weighted by molar-refractivity contribution is -0.00000243. The van der Waals surface area contributed by atoms with Crippen LogP contribution in [0.2, 0.25) is 10.0 Å². The largest absolute Gasteiger partial charge is 1.00 e. The molecular formula is C9H11Cl3N-. The van der Waals surface area contributed by atoms with Crippen molar-refractivity contribution >= 4 is 23.2 Å². The van der Waals surface area contributed by atoms with Gasteiger partial charge in [0.2, 0.25) is 0 Å². The fourth-order valence-corrected chi connectivity index (χ4v) is 1.46. The predicted octanol–water partition coefficient (Wildman–Crippen LogP) is 0.407. The second-order valence-electron chi connectivity index (χ2n) is 2.68. The van der Waals surface area contributed by atoms with Crippen molar-refractivity contribution in [2.45, 2.75) is 19.4 Å². The van der Waals surface area contributed by atoms with Crippen molar-refractivity contribution in [2.75, 3.05) is 0 Å². The van der Waals surface area contributed by atoms with Gasteiger partial charge in [0.05, 0.1) is 0 Å². The summed E-state index contributed by atoms with van der Waals surface area (Å²) in [6, 6.07) is 5.33. The summed E-state index contributed by atoms with van der Waals surface area (Å²) >= 11 is 11.7. The number of nitrogens with two attached hydrogens (primary N) is 1. The van der Waals surface area contributed by atoms with Crippen LogP contribution in [0.4, 0.5) is 0 Å². The molecule has 4 heteroatoms. The molecule has 74 valence electrons. The molecule has 0 bridgehead atoms. The highest BCUT2D eigenvalue weighted by atomic mass is 35.5. The van der Waals surface area contributed by atoms with Crippen LogP contribution in [-0.4, -0.2) is 0 Å². The maximum Gasteiger partial charge on any atom is 0.0454 e. The van der Waals surface area contributed by atoms with Crippen molar-refractivity contribution in [1.29, 1.82) is 0 Å². The zero-order valence-corrected chi connectivity index (χ0v) is 9.50. The third-order valence-electron chi connectivity index (χ3n) is 1.80. The van der Waals surface area contributed by atoms with Gasteiger partial charge in [0, 0.05) is 16.1 Å². The Labute approximate surface area is 94.6 Å². The molecule has 0 spiro atoms. The predicted molar refractivity (Wildman–Crippen MR) is 53.7 cm³/mol. The minimum atomic E-state index is -0.0174. The first-order chi connectivity index (χ1) is 5.65. The van der Waals surface area contributed by atoms with E-state index in [1.807, 2.05) is 13.0 Å². The molecule has 0 aliphatic rings. The Morgan fingerprint density at radius 1 is 1.38 bits per heavy atom. The third kappa shape index (κ3) is 3.35. The molecule has 1 aromatic rings. The number of hydrogen-bond donors (Lipinski definition) is 1. The van der Waals surface area contributed by atoms with Crippen LogP contribution >= 0.6 is 23.2 Å². The van der Waals surface area contributed by atoms with Gasteiger partial charge >= 0.3 is 0 Å². The maximum atomic E-state index is 5.93. The zero-order chi connectivity index (χ0) is 9.14. The maximum absolute atomic E-state index is 5.93. The lowest BCUT2D eigenvalue weighted by atomic mass is 10.1. The summed E-state index contributed by atoms with van der Waals surface area (Å²) in [6.07, 6.45) is 0.861. The van der Waals surface area contributed by atoms with Crippen molar-refractivity contribution in [2.24, 2.45) is 5.73 Å². The van der Waals surface area contributed by atoms with E-state index in [0.717, 1.165) is 12.0 Å². The topological polar surface area (TPSA) is 26.0 Å². The monoisotopic (exact) mass is 238 g/mol. The zero-order valence-electron chi connectivity index (χ0n) is 7.23. The highest BCUT2D eigenvalue weighted by Gasteiger charge is 2.07. The second kappa shape index (κ2) is 5.71. The van der Waals surface area contributed by atoms with Gasteiger partial charge in [0.1, 0.15) is 0 Å². The average Bonchev–Trinajstić information content (AvgIpc) is 2.08. The van der Waals surface area contributed by atoms with Gasteiger partial charge in [-0.05, 0) is 30.2 Å². The normalized spacial score (nSPS) is 12.0. The van der Waals surface area contributed by atoms with Crippen LogP contribution < -0.4 is 18.1 Å². The molecule has 2 N–H and O–H groups in total. The van der Waals surface area contributed by atoms with Gasteiger partial charge in [-0.3, -0.25) is 0 Å². The molecule has 0 saturated carbocycles. The van der Waals surface area contributed by atoms with E-state index in [4.69, 9.17) is 28.9 Å². The van der Waals surface area contributed by atoms with E-state index in [1.54, 1.807) is 12.1 Å². The highest BCUT2D eigenvalue weighted by Crippen LogP contribution is 2.26. The lowest BCUT2D eigenvalue weighted by Gasteiger charge is -2.10. The van der Waals surface area contributed by atoms with Crippen molar-refractivity contribution < 1.29 is 12.4 Å². The Kier molecular flexibility index (Phi) is 5.73. The average molecular weight is 240 g/mol. The van der Waals surface area contributed by atoms with Crippen LogP contribution in [0.15, 0.2) is 18.2 Å². The van der Waals surface area contributed by atoms with E-state index in [9.17, 15) is 0 Å². The quantitative estimate of drug-likeness (QED) is 0.795. The van der Waals surface area contributed by atoms with Crippen molar-refractivity contribution in [1.82, 2.24) is 0 Å². The summed E-state index contributed by atoms with van der Waals surface area (Å²) in [7, 11) is 0. The molecule has 1 unspecified atom stereocenters. The molecule has 13 heavy (non-hydrogen) atoms. The fraction of sp³-hybridized carbons (Fsp3) is 0.333. The molecule has 1 aromatic carbocycles. The number of halogens is 3. The summed E-state index contributed by atoms with van der Waals surface area (Å²) in [5.74, 6) is 0. The molecule has 0 saturated heterocycles. The number of benzene rings is 1. The first kappa shape index (κ1) is 13.1. The minimum absolute atomic E-state index is 0. The molecule has 0 aromatic heterocycles. The summed E-state index contributed by atoms with van der Waals surface area (Å²) in [4.78, 5) is 0. The fourth-order valence-electron chi connectivity index (χ4n) is 1.02. The minimum Gasteiger partial charge on any atom is -1.00 e. The Morgan fingerprint density at radius 2 is 2.00 bits per heavy atom. The lowest BCUT2D eigenvalue weighted by Crippen LogP contribution is -3.00. The van der Waals surface area contributed by atoms with E-state index >= 15 is 0 Å². The van der Waals surface area contributed by atoms with E-state index in [2.05, 4.69) is 0 Å². The van der Waals surface area contributed by atoms with Gasteiger partial charge in [0.25, 0.3) is 0 Å². The van der Waals surface area contributed by atoms with Crippen LogP contribution in [0.25, 0.3) is 0 Å². The molecular weight excluding hydrogens is 228 g/mol. The summed E-state index contributed by atoms with van der Waals surface area (Å²) in [5, 5.41) is 1.37. The van der Waals surface area contributed by atoms with Crippen LogP contribution in [0.1, 0.15) is 24.9 Å². The molecule has 0 amide bonds. The summed E-state index contributed by atoms with van der Waals surface area (Å²) in [5.41, 5.74) is 6.74. The van der Waals surface area contributed by atoms with E-state index in [0.29, 0.717) is 10.0 Å². The highest BCUT2D eigenvalue weighted by molar-refractivity contribution is 6.33. The van der Waals surface area contributed by atoms with Crippen LogP contribution in [0, 0.1) is 0 Å². The standard InChI is InChI=1S/C9H11Cl2N.ClH/c1-2-9(12)7-5-6(10)3-4-8(7)11;/h3-5,9H,2,12H2,1H3;1H/p-1. The molecule has 1 nitrogen and oxygen atoms in total. The van der Waals surface area contributed by atoms with Crippen LogP contribution in [-0.2, 0) is 0 Å². The summed E-state index contributed by atoms with van der Waals surface area (Å²) < 4.78 is 0. The van der Waals surface area contributed by atoms with E-state index in [1.165, 1.54) is 0 Å². The molecule has 1 rings (SSSR count). The van der Waals surface area contributed by atoms with Crippen LogP contribution in [0.3, 0.4) is 0 Å². The van der Waals surface area contributed by atoms with E-state index in [-0.39, 0.29) is 18.4 Å². The SMILES string of the molecule is CCC(N)c1cc(Cl)ccc1Cl.[Cl-]. The Hall–Kier alpha value is 0.0500. The third-order valence-corrected chi connectivity index (χ3v) is 2.38. The van der Waals surface area contributed by atoms with Crippen molar-refractivity contribution in [3.8, 4) is 0 Å². The summed E-state index contributed by atoms with van der Waals surface area (Å²) in [6.45, 7) is 2.02. The smallest absolute Gasteiger partial charge is 0.0454 e. The molecule has 0 aliphatic carbocycles. The Balaban J connectivity index is 0.00000144.